The molecule has 0 saturated heterocycles. The number of aromatic nitrogens is 3. The number of hydrogen-bond acceptors (Lipinski definition) is 6. The lowest BCUT2D eigenvalue weighted by Crippen LogP contribution is -2.25. The Kier molecular flexibility index (Phi) is 5.80. The molecule has 0 saturated carbocycles. The summed E-state index contributed by atoms with van der Waals surface area (Å²) >= 11 is 1.63. The van der Waals surface area contributed by atoms with Gasteiger partial charge in [-0.05, 0) is 19.4 Å². The molecule has 1 aromatic carbocycles. The predicted molar refractivity (Wildman–Crippen MR) is 88.9 cm³/mol. The summed E-state index contributed by atoms with van der Waals surface area (Å²) in [7, 11) is 1.83. The average Bonchev–Trinajstić information content (AvgIpc) is 2.55. The predicted octanol–water partition coefficient (Wildman–Crippen LogP) is 3.05. The number of nitrogens with one attached hydrogen (secondary N) is 1. The molecular formula is C15H21N5S. The van der Waals surface area contributed by atoms with Crippen LogP contribution in [0.5, 0.6) is 0 Å². The van der Waals surface area contributed by atoms with E-state index in [1.165, 1.54) is 5.56 Å². The van der Waals surface area contributed by atoms with Crippen molar-refractivity contribution in [1.82, 2.24) is 15.0 Å². The van der Waals surface area contributed by atoms with Crippen molar-refractivity contribution in [1.29, 1.82) is 0 Å². The SMILES string of the molecule is CCN(CC)c1nc(NC)nc(SCc2ccccc2)n1. The zero-order valence-electron chi connectivity index (χ0n) is 12.7. The molecule has 112 valence electrons. The van der Waals surface area contributed by atoms with Crippen molar-refractivity contribution in [2.75, 3.05) is 30.4 Å². The van der Waals surface area contributed by atoms with E-state index in [9.17, 15) is 0 Å². The van der Waals surface area contributed by atoms with Crippen molar-refractivity contribution < 1.29 is 0 Å². The first-order valence-electron chi connectivity index (χ1n) is 7.12. The van der Waals surface area contributed by atoms with Gasteiger partial charge in [0.15, 0.2) is 5.16 Å². The van der Waals surface area contributed by atoms with E-state index < -0.39 is 0 Å². The van der Waals surface area contributed by atoms with Crippen molar-refractivity contribution in [3.8, 4) is 0 Å². The van der Waals surface area contributed by atoms with E-state index in [2.05, 4.69) is 51.1 Å². The molecule has 0 amide bonds. The zero-order valence-corrected chi connectivity index (χ0v) is 13.5. The van der Waals surface area contributed by atoms with Crippen LogP contribution in [0.25, 0.3) is 0 Å². The summed E-state index contributed by atoms with van der Waals surface area (Å²) < 4.78 is 0. The maximum atomic E-state index is 4.57. The number of rotatable bonds is 7. The summed E-state index contributed by atoms with van der Waals surface area (Å²) in [5, 5.41) is 3.76. The number of benzene rings is 1. The van der Waals surface area contributed by atoms with E-state index in [4.69, 9.17) is 0 Å². The standard InChI is InChI=1S/C15H21N5S/c1-4-20(5-2)14-17-13(16-3)18-15(19-14)21-11-12-9-7-6-8-10-12/h6-10H,4-5,11H2,1-3H3,(H,16,17,18,19). The molecule has 6 heteroatoms. The molecule has 0 atom stereocenters. The molecule has 2 rings (SSSR count). The van der Waals surface area contributed by atoms with Crippen molar-refractivity contribution >= 4 is 23.7 Å². The molecule has 21 heavy (non-hydrogen) atoms. The Hall–Kier alpha value is -1.82. The van der Waals surface area contributed by atoms with E-state index in [-0.39, 0.29) is 0 Å². The lowest BCUT2D eigenvalue weighted by molar-refractivity contribution is 0.784. The van der Waals surface area contributed by atoms with Crippen LogP contribution in [0.4, 0.5) is 11.9 Å². The van der Waals surface area contributed by atoms with Gasteiger partial charge in [-0.25, -0.2) is 0 Å². The van der Waals surface area contributed by atoms with Crippen molar-refractivity contribution in [2.24, 2.45) is 0 Å². The highest BCUT2D eigenvalue weighted by Crippen LogP contribution is 2.22. The molecule has 0 unspecified atom stereocenters. The minimum Gasteiger partial charge on any atom is -0.357 e. The van der Waals surface area contributed by atoms with Crippen molar-refractivity contribution in [3.63, 3.8) is 0 Å². The van der Waals surface area contributed by atoms with Gasteiger partial charge in [0.25, 0.3) is 0 Å². The topological polar surface area (TPSA) is 53.9 Å². The normalized spacial score (nSPS) is 10.4. The van der Waals surface area contributed by atoms with Gasteiger partial charge in [-0.2, -0.15) is 15.0 Å². The Balaban J connectivity index is 2.16. The van der Waals surface area contributed by atoms with Crippen LogP contribution >= 0.6 is 11.8 Å². The van der Waals surface area contributed by atoms with Crippen LogP contribution in [-0.4, -0.2) is 35.1 Å². The minimum atomic E-state index is 0.613. The largest absolute Gasteiger partial charge is 0.357 e. The van der Waals surface area contributed by atoms with Crippen LogP contribution < -0.4 is 10.2 Å². The first-order valence-corrected chi connectivity index (χ1v) is 8.10. The quantitative estimate of drug-likeness (QED) is 0.793. The second kappa shape index (κ2) is 7.83. The summed E-state index contributed by atoms with van der Waals surface area (Å²) in [6.07, 6.45) is 0. The van der Waals surface area contributed by atoms with Crippen LogP contribution in [0.2, 0.25) is 0 Å². The molecule has 2 aromatic rings. The average molecular weight is 303 g/mol. The van der Waals surface area contributed by atoms with Gasteiger partial charge in [0, 0.05) is 25.9 Å². The third-order valence-corrected chi connectivity index (χ3v) is 4.00. The zero-order chi connectivity index (χ0) is 15.1. The van der Waals surface area contributed by atoms with E-state index in [1.54, 1.807) is 11.8 Å². The monoisotopic (exact) mass is 303 g/mol. The molecule has 0 bridgehead atoms. The second-order valence-electron chi connectivity index (χ2n) is 4.44. The summed E-state index contributed by atoms with van der Waals surface area (Å²) in [5.74, 6) is 2.20. The van der Waals surface area contributed by atoms with Crippen LogP contribution in [0.1, 0.15) is 19.4 Å². The number of thioether (sulfide) groups is 1. The molecule has 0 fully saturated rings. The summed E-state index contributed by atoms with van der Waals surface area (Å²) in [6, 6.07) is 10.3. The first-order chi connectivity index (χ1) is 10.3. The highest BCUT2D eigenvalue weighted by molar-refractivity contribution is 7.98. The fraction of sp³-hybridized carbons (Fsp3) is 0.400. The van der Waals surface area contributed by atoms with Gasteiger partial charge in [0.1, 0.15) is 0 Å². The van der Waals surface area contributed by atoms with Crippen molar-refractivity contribution in [2.45, 2.75) is 24.8 Å². The maximum absolute atomic E-state index is 4.57. The minimum absolute atomic E-state index is 0.613. The molecule has 1 N–H and O–H groups in total. The van der Waals surface area contributed by atoms with Crippen LogP contribution in [0.3, 0.4) is 0 Å². The highest BCUT2D eigenvalue weighted by atomic mass is 32.2. The highest BCUT2D eigenvalue weighted by Gasteiger charge is 2.11. The van der Waals surface area contributed by atoms with Gasteiger partial charge in [-0.3, -0.25) is 0 Å². The molecular weight excluding hydrogens is 282 g/mol. The van der Waals surface area contributed by atoms with Gasteiger partial charge in [-0.1, -0.05) is 42.1 Å². The van der Waals surface area contributed by atoms with Gasteiger partial charge in [0.2, 0.25) is 11.9 Å². The fourth-order valence-electron chi connectivity index (χ4n) is 1.89. The molecule has 1 heterocycles. The van der Waals surface area contributed by atoms with Crippen LogP contribution in [-0.2, 0) is 5.75 Å². The van der Waals surface area contributed by atoms with Crippen LogP contribution in [0, 0.1) is 0 Å². The maximum Gasteiger partial charge on any atom is 0.231 e. The number of anilines is 2. The van der Waals surface area contributed by atoms with E-state index in [0.717, 1.165) is 29.9 Å². The van der Waals surface area contributed by atoms with Crippen molar-refractivity contribution in [3.05, 3.63) is 35.9 Å². The van der Waals surface area contributed by atoms with Gasteiger partial charge < -0.3 is 10.2 Å². The summed E-state index contributed by atoms with van der Waals surface area (Å²) in [5.41, 5.74) is 1.26. The molecule has 0 aliphatic carbocycles. The fourth-order valence-corrected chi connectivity index (χ4v) is 2.68. The van der Waals surface area contributed by atoms with Gasteiger partial charge >= 0.3 is 0 Å². The molecule has 0 aliphatic heterocycles. The van der Waals surface area contributed by atoms with Gasteiger partial charge in [-0.15, -0.1) is 0 Å². The van der Waals surface area contributed by atoms with Crippen LogP contribution in [0.15, 0.2) is 35.5 Å². The van der Waals surface area contributed by atoms with E-state index in [1.807, 2.05) is 25.2 Å². The second-order valence-corrected chi connectivity index (χ2v) is 5.38. The Morgan fingerprint density at radius 3 is 2.38 bits per heavy atom. The molecule has 0 radical (unpaired) electrons. The van der Waals surface area contributed by atoms with E-state index >= 15 is 0 Å². The molecule has 1 aromatic heterocycles. The van der Waals surface area contributed by atoms with E-state index in [0.29, 0.717) is 5.95 Å². The lowest BCUT2D eigenvalue weighted by Gasteiger charge is -2.19. The Labute approximate surface area is 130 Å². The first kappa shape index (κ1) is 15.6. The third kappa shape index (κ3) is 4.32. The van der Waals surface area contributed by atoms with Gasteiger partial charge in [0.05, 0.1) is 0 Å². The molecule has 5 nitrogen and oxygen atoms in total. The Morgan fingerprint density at radius 2 is 1.76 bits per heavy atom. The Bertz CT molecular complexity index is 557. The number of hydrogen-bond donors (Lipinski definition) is 1. The summed E-state index contributed by atoms with van der Waals surface area (Å²) in [6.45, 7) is 5.96. The molecule has 0 spiro atoms. The summed E-state index contributed by atoms with van der Waals surface area (Å²) in [4.78, 5) is 15.5. The number of nitrogens with zero attached hydrogens (tertiary/aromatic N) is 4. The molecule has 0 aliphatic rings. The smallest absolute Gasteiger partial charge is 0.231 e. The third-order valence-electron chi connectivity index (χ3n) is 3.08. The Morgan fingerprint density at radius 1 is 1.05 bits per heavy atom. The lowest BCUT2D eigenvalue weighted by atomic mass is 10.2.